The molecule has 3 aromatic rings. The number of hydrogen-bond donors (Lipinski definition) is 0. The minimum atomic E-state index is -0.0198. The fraction of sp³-hybridized carbons (Fsp3) is 0.462. The van der Waals surface area contributed by atoms with Gasteiger partial charge in [-0.25, -0.2) is 4.98 Å². The van der Waals surface area contributed by atoms with Crippen molar-refractivity contribution in [1.82, 2.24) is 9.88 Å². The van der Waals surface area contributed by atoms with Gasteiger partial charge in [-0.15, -0.1) is 0 Å². The Kier molecular flexibility index (Phi) is 8.69. The number of rotatable bonds is 11. The molecule has 1 aromatic heterocycles. The first-order valence-corrected chi connectivity index (χ1v) is 12.8. The summed E-state index contributed by atoms with van der Waals surface area (Å²) < 4.78 is 12.3. The number of ether oxygens (including phenoxy) is 2. The maximum Gasteiger partial charge on any atom is 0.260 e. The average Bonchev–Trinajstić information content (AvgIpc) is 3.29. The summed E-state index contributed by atoms with van der Waals surface area (Å²) in [5.74, 6) is 0.787. The number of morpholine rings is 1. The van der Waals surface area contributed by atoms with Gasteiger partial charge in [0.05, 0.1) is 30.0 Å². The third kappa shape index (κ3) is 6.53. The number of carbonyl (C=O) groups is 1. The van der Waals surface area contributed by atoms with Crippen LogP contribution >= 0.6 is 11.3 Å². The first-order chi connectivity index (χ1) is 16.2. The van der Waals surface area contributed by atoms with Crippen molar-refractivity contribution in [1.29, 1.82) is 0 Å². The van der Waals surface area contributed by atoms with Crippen molar-refractivity contribution in [2.45, 2.75) is 32.6 Å². The summed E-state index contributed by atoms with van der Waals surface area (Å²) in [7, 11) is 0. The molecule has 0 saturated carbocycles. The predicted octanol–water partition coefficient (Wildman–Crippen LogP) is 5.23. The van der Waals surface area contributed by atoms with Crippen molar-refractivity contribution in [2.24, 2.45) is 0 Å². The highest BCUT2D eigenvalue weighted by Gasteiger charge is 2.22. The number of amides is 1. The van der Waals surface area contributed by atoms with Gasteiger partial charge in [0.25, 0.3) is 5.91 Å². The minimum Gasteiger partial charge on any atom is -0.494 e. The summed E-state index contributed by atoms with van der Waals surface area (Å²) in [6.07, 6.45) is 4.27. The second-order valence-corrected chi connectivity index (χ2v) is 9.32. The fourth-order valence-electron chi connectivity index (χ4n) is 3.93. The van der Waals surface area contributed by atoms with Crippen LogP contribution in [0, 0.1) is 0 Å². The number of anilines is 1. The summed E-state index contributed by atoms with van der Waals surface area (Å²) in [6, 6.07) is 15.5. The lowest BCUT2D eigenvalue weighted by atomic mass is 10.2. The Bertz CT molecular complexity index is 982. The van der Waals surface area contributed by atoms with Crippen LogP contribution in [0.4, 0.5) is 5.13 Å². The van der Waals surface area contributed by atoms with Crippen molar-refractivity contribution in [2.75, 3.05) is 50.9 Å². The molecule has 2 aromatic carbocycles. The summed E-state index contributed by atoms with van der Waals surface area (Å²) in [5, 5.41) is 0.753. The molecule has 1 aliphatic heterocycles. The average molecular weight is 468 g/mol. The lowest BCUT2D eigenvalue weighted by Gasteiger charge is -2.27. The summed E-state index contributed by atoms with van der Waals surface area (Å²) in [4.78, 5) is 22.5. The van der Waals surface area contributed by atoms with Gasteiger partial charge in [0.15, 0.2) is 5.13 Å². The smallest absolute Gasteiger partial charge is 0.260 e. The van der Waals surface area contributed by atoms with Gasteiger partial charge in [-0.1, -0.05) is 43.2 Å². The Morgan fingerprint density at radius 1 is 1.09 bits per heavy atom. The summed E-state index contributed by atoms with van der Waals surface area (Å²) >= 11 is 1.57. The fourth-order valence-corrected chi connectivity index (χ4v) is 4.92. The van der Waals surface area contributed by atoms with E-state index in [4.69, 9.17) is 14.5 Å². The number of thiazole rings is 1. The lowest BCUT2D eigenvalue weighted by Crippen LogP contribution is -2.39. The van der Waals surface area contributed by atoms with Crippen LogP contribution in [0.1, 0.15) is 43.0 Å². The van der Waals surface area contributed by atoms with Crippen LogP contribution in [0.3, 0.4) is 0 Å². The first kappa shape index (κ1) is 23.7. The largest absolute Gasteiger partial charge is 0.494 e. The second-order valence-electron chi connectivity index (χ2n) is 8.31. The van der Waals surface area contributed by atoms with Crippen molar-refractivity contribution in [3.05, 3.63) is 54.1 Å². The molecule has 0 bridgehead atoms. The maximum absolute atomic E-state index is 13.5. The molecule has 4 rings (SSSR count). The van der Waals surface area contributed by atoms with E-state index < -0.39 is 0 Å². The molecular weight excluding hydrogens is 434 g/mol. The number of hydrogen-bond acceptors (Lipinski definition) is 6. The zero-order chi connectivity index (χ0) is 22.9. The van der Waals surface area contributed by atoms with E-state index in [0.29, 0.717) is 18.7 Å². The van der Waals surface area contributed by atoms with E-state index in [-0.39, 0.29) is 5.91 Å². The molecule has 0 radical (unpaired) electrons. The van der Waals surface area contributed by atoms with Crippen LogP contribution in [-0.4, -0.2) is 61.8 Å². The highest BCUT2D eigenvalue weighted by molar-refractivity contribution is 7.22. The van der Waals surface area contributed by atoms with Gasteiger partial charge in [-0.3, -0.25) is 14.6 Å². The van der Waals surface area contributed by atoms with Crippen LogP contribution in [0.15, 0.2) is 48.5 Å². The molecule has 1 fully saturated rings. The number of unbranched alkanes of at least 4 members (excludes halogenated alkanes) is 2. The zero-order valence-corrected chi connectivity index (χ0v) is 20.2. The number of carbonyl (C=O) groups excluding carboxylic acids is 1. The summed E-state index contributed by atoms with van der Waals surface area (Å²) in [5.41, 5.74) is 1.58. The molecular formula is C26H33N3O3S. The van der Waals surface area contributed by atoms with E-state index in [1.807, 2.05) is 47.4 Å². The molecule has 0 spiro atoms. The molecule has 1 amide bonds. The Morgan fingerprint density at radius 2 is 1.88 bits per heavy atom. The van der Waals surface area contributed by atoms with Gasteiger partial charge in [-0.2, -0.15) is 0 Å². The number of nitrogens with zero attached hydrogens (tertiary/aromatic N) is 3. The molecule has 0 N–H and O–H groups in total. The molecule has 1 saturated heterocycles. The zero-order valence-electron chi connectivity index (χ0n) is 19.4. The van der Waals surface area contributed by atoms with Crippen LogP contribution in [0.2, 0.25) is 0 Å². The van der Waals surface area contributed by atoms with Crippen molar-refractivity contribution in [3.63, 3.8) is 0 Å². The lowest BCUT2D eigenvalue weighted by molar-refractivity contribution is 0.0376. The van der Waals surface area contributed by atoms with E-state index in [1.165, 1.54) is 6.42 Å². The first-order valence-electron chi connectivity index (χ1n) is 11.9. The van der Waals surface area contributed by atoms with Crippen LogP contribution in [0.5, 0.6) is 5.75 Å². The van der Waals surface area contributed by atoms with E-state index in [0.717, 1.165) is 73.2 Å². The molecule has 0 unspecified atom stereocenters. The molecule has 0 aliphatic carbocycles. The van der Waals surface area contributed by atoms with Gasteiger partial charge < -0.3 is 9.47 Å². The van der Waals surface area contributed by atoms with Crippen LogP contribution in [0.25, 0.3) is 10.2 Å². The molecule has 176 valence electrons. The molecule has 6 nitrogen and oxygen atoms in total. The Balaban J connectivity index is 1.46. The quantitative estimate of drug-likeness (QED) is 0.361. The van der Waals surface area contributed by atoms with Gasteiger partial charge in [0, 0.05) is 31.7 Å². The molecule has 0 atom stereocenters. The molecule has 33 heavy (non-hydrogen) atoms. The number of benzene rings is 2. The highest BCUT2D eigenvalue weighted by atomic mass is 32.1. The van der Waals surface area contributed by atoms with E-state index in [9.17, 15) is 4.79 Å². The maximum atomic E-state index is 13.5. The van der Waals surface area contributed by atoms with Gasteiger partial charge in [0.1, 0.15) is 5.75 Å². The van der Waals surface area contributed by atoms with Crippen LogP contribution in [-0.2, 0) is 4.74 Å². The summed E-state index contributed by atoms with van der Waals surface area (Å²) in [6.45, 7) is 7.94. The number of fused-ring (bicyclic) bond motifs is 1. The topological polar surface area (TPSA) is 54.9 Å². The Hall–Kier alpha value is -2.48. The predicted molar refractivity (Wildman–Crippen MR) is 135 cm³/mol. The van der Waals surface area contributed by atoms with Gasteiger partial charge in [-0.05, 0) is 49.2 Å². The highest BCUT2D eigenvalue weighted by Crippen LogP contribution is 2.30. The van der Waals surface area contributed by atoms with E-state index in [1.54, 1.807) is 11.3 Å². The van der Waals surface area contributed by atoms with Crippen molar-refractivity contribution in [3.8, 4) is 5.75 Å². The SMILES string of the molecule is CCCCCOc1ccc(C(=O)N(CCCN2CCOCC2)c2nc3ccccc3s2)cc1. The standard InChI is InChI=1S/C26H33N3O3S/c1-2-3-6-18-32-22-12-10-21(11-13-22)25(30)29(15-7-14-28-16-19-31-20-17-28)26-27-23-8-4-5-9-24(23)33-26/h4-5,8-13H,2-3,6-7,14-20H2,1H3. The normalized spacial score (nSPS) is 14.5. The Labute approximate surface area is 200 Å². The van der Waals surface area contributed by atoms with Gasteiger partial charge in [0.2, 0.25) is 0 Å². The Morgan fingerprint density at radius 3 is 2.64 bits per heavy atom. The van der Waals surface area contributed by atoms with E-state index in [2.05, 4.69) is 17.9 Å². The van der Waals surface area contributed by atoms with Crippen molar-refractivity contribution >= 4 is 32.6 Å². The molecule has 1 aliphatic rings. The van der Waals surface area contributed by atoms with Crippen LogP contribution < -0.4 is 9.64 Å². The van der Waals surface area contributed by atoms with E-state index >= 15 is 0 Å². The third-order valence-electron chi connectivity index (χ3n) is 5.84. The number of aromatic nitrogens is 1. The third-order valence-corrected chi connectivity index (χ3v) is 6.90. The monoisotopic (exact) mass is 467 g/mol. The minimum absolute atomic E-state index is 0.0198. The number of para-hydroxylation sites is 1. The molecule has 2 heterocycles. The second kappa shape index (κ2) is 12.1. The van der Waals surface area contributed by atoms with Gasteiger partial charge >= 0.3 is 0 Å². The molecule has 7 heteroatoms. The van der Waals surface area contributed by atoms with Crippen molar-refractivity contribution < 1.29 is 14.3 Å².